The third-order valence-corrected chi connectivity index (χ3v) is 3.62. The molecule has 0 amide bonds. The number of aryl methyl sites for hydroxylation is 1. The molecule has 104 valence electrons. The summed E-state index contributed by atoms with van der Waals surface area (Å²) in [4.78, 5) is 0. The van der Waals surface area contributed by atoms with Crippen LogP contribution in [0.25, 0.3) is 11.0 Å². The van der Waals surface area contributed by atoms with Crippen molar-refractivity contribution in [2.75, 3.05) is 6.54 Å². The number of furan rings is 1. The van der Waals surface area contributed by atoms with E-state index < -0.39 is 0 Å². The van der Waals surface area contributed by atoms with Gasteiger partial charge in [0.1, 0.15) is 11.3 Å². The molecule has 3 aromatic rings. The van der Waals surface area contributed by atoms with Crippen LogP contribution in [0.2, 0.25) is 0 Å². The topological polar surface area (TPSA) is 43.0 Å². The normalized spacial score (nSPS) is 12.9. The van der Waals surface area contributed by atoms with Gasteiger partial charge in [-0.3, -0.25) is 4.68 Å². The van der Waals surface area contributed by atoms with Gasteiger partial charge < -0.3 is 9.73 Å². The molecule has 0 aliphatic heterocycles. The largest absolute Gasteiger partial charge is 0.459 e. The lowest BCUT2D eigenvalue weighted by Gasteiger charge is -2.12. The van der Waals surface area contributed by atoms with E-state index >= 15 is 0 Å². The molecule has 0 radical (unpaired) electrons. The molecule has 4 heteroatoms. The molecule has 1 aromatic carbocycles. The third kappa shape index (κ3) is 2.47. The quantitative estimate of drug-likeness (QED) is 0.773. The second-order valence-electron chi connectivity index (χ2n) is 5.03. The number of fused-ring (bicyclic) bond motifs is 1. The van der Waals surface area contributed by atoms with Crippen molar-refractivity contribution < 1.29 is 4.42 Å². The van der Waals surface area contributed by atoms with Gasteiger partial charge in [-0.15, -0.1) is 0 Å². The second kappa shape index (κ2) is 5.51. The summed E-state index contributed by atoms with van der Waals surface area (Å²) in [6.45, 7) is 5.97. The van der Waals surface area contributed by atoms with Gasteiger partial charge in [0.15, 0.2) is 0 Å². The number of hydrogen-bond acceptors (Lipinski definition) is 3. The van der Waals surface area contributed by atoms with Crippen molar-refractivity contribution in [1.82, 2.24) is 15.1 Å². The number of nitrogens with one attached hydrogen (secondary N) is 1. The van der Waals surface area contributed by atoms with Crippen molar-refractivity contribution in [2.24, 2.45) is 0 Å². The van der Waals surface area contributed by atoms with Crippen LogP contribution in [0.15, 0.2) is 47.1 Å². The summed E-state index contributed by atoms with van der Waals surface area (Å²) in [5.74, 6) is 1.02. The molecule has 0 saturated carbocycles. The van der Waals surface area contributed by atoms with Gasteiger partial charge in [-0.25, -0.2) is 0 Å². The van der Waals surface area contributed by atoms with Crippen LogP contribution in [-0.4, -0.2) is 16.3 Å². The molecule has 2 aromatic heterocycles. The standard InChI is InChI=1S/C16H19N3O/c1-12-14-6-3-4-7-15(14)20-16(12)13(2)17-9-11-19-10-5-8-18-19/h3-8,10,13,17H,9,11H2,1-2H3. The van der Waals surface area contributed by atoms with Crippen LogP contribution in [0.1, 0.15) is 24.3 Å². The highest BCUT2D eigenvalue weighted by Gasteiger charge is 2.15. The maximum absolute atomic E-state index is 5.96. The van der Waals surface area contributed by atoms with Crippen LogP contribution in [0, 0.1) is 6.92 Å². The second-order valence-corrected chi connectivity index (χ2v) is 5.03. The molecule has 2 heterocycles. The molecule has 1 unspecified atom stereocenters. The van der Waals surface area contributed by atoms with Gasteiger partial charge in [-0.1, -0.05) is 18.2 Å². The van der Waals surface area contributed by atoms with Gasteiger partial charge in [0.2, 0.25) is 0 Å². The lowest BCUT2D eigenvalue weighted by atomic mass is 10.1. The average Bonchev–Trinajstić information content (AvgIpc) is 3.08. The van der Waals surface area contributed by atoms with Gasteiger partial charge in [-0.2, -0.15) is 5.10 Å². The Kier molecular flexibility index (Phi) is 3.56. The molecule has 1 N–H and O–H groups in total. The highest BCUT2D eigenvalue weighted by atomic mass is 16.3. The Labute approximate surface area is 118 Å². The molecule has 0 aliphatic rings. The number of rotatable bonds is 5. The molecular formula is C16H19N3O. The summed E-state index contributed by atoms with van der Waals surface area (Å²) < 4.78 is 7.89. The van der Waals surface area contributed by atoms with E-state index in [4.69, 9.17) is 4.42 Å². The number of aromatic nitrogens is 2. The Morgan fingerprint density at radius 3 is 2.90 bits per heavy atom. The van der Waals surface area contributed by atoms with E-state index in [0.717, 1.165) is 24.4 Å². The summed E-state index contributed by atoms with van der Waals surface area (Å²) >= 11 is 0. The Morgan fingerprint density at radius 1 is 1.30 bits per heavy atom. The van der Waals surface area contributed by atoms with Crippen LogP contribution in [0.5, 0.6) is 0 Å². The van der Waals surface area contributed by atoms with E-state index in [9.17, 15) is 0 Å². The molecule has 0 saturated heterocycles. The van der Waals surface area contributed by atoms with E-state index in [1.807, 2.05) is 35.1 Å². The minimum Gasteiger partial charge on any atom is -0.459 e. The monoisotopic (exact) mass is 269 g/mol. The Morgan fingerprint density at radius 2 is 2.15 bits per heavy atom. The average molecular weight is 269 g/mol. The Bertz CT molecular complexity index is 685. The SMILES string of the molecule is Cc1c(C(C)NCCn2cccn2)oc2ccccc12. The number of hydrogen-bond donors (Lipinski definition) is 1. The van der Waals surface area contributed by atoms with Crippen LogP contribution in [0.3, 0.4) is 0 Å². The fourth-order valence-electron chi connectivity index (χ4n) is 2.53. The number of nitrogens with zero attached hydrogens (tertiary/aromatic N) is 2. The molecule has 0 spiro atoms. The molecule has 1 atom stereocenters. The summed E-state index contributed by atoms with van der Waals surface area (Å²) in [7, 11) is 0. The fourth-order valence-corrected chi connectivity index (χ4v) is 2.53. The van der Waals surface area contributed by atoms with Gasteiger partial charge >= 0.3 is 0 Å². The van der Waals surface area contributed by atoms with Crippen molar-refractivity contribution in [3.63, 3.8) is 0 Å². The first kappa shape index (κ1) is 12.9. The molecule has 4 nitrogen and oxygen atoms in total. The zero-order chi connectivity index (χ0) is 13.9. The van der Waals surface area contributed by atoms with Crippen molar-refractivity contribution in [3.05, 3.63) is 54.0 Å². The van der Waals surface area contributed by atoms with Crippen molar-refractivity contribution in [2.45, 2.75) is 26.4 Å². The molecule has 0 fully saturated rings. The van der Waals surface area contributed by atoms with Crippen molar-refractivity contribution >= 4 is 11.0 Å². The third-order valence-electron chi connectivity index (χ3n) is 3.62. The van der Waals surface area contributed by atoms with Gasteiger partial charge in [0.25, 0.3) is 0 Å². The molecule has 0 bridgehead atoms. The number of para-hydroxylation sites is 1. The maximum Gasteiger partial charge on any atom is 0.134 e. The minimum atomic E-state index is 0.193. The highest BCUT2D eigenvalue weighted by molar-refractivity contribution is 5.82. The van der Waals surface area contributed by atoms with Crippen LogP contribution >= 0.6 is 0 Å². The minimum absolute atomic E-state index is 0.193. The van der Waals surface area contributed by atoms with Crippen LogP contribution < -0.4 is 5.32 Å². The van der Waals surface area contributed by atoms with Gasteiger partial charge in [-0.05, 0) is 31.5 Å². The summed E-state index contributed by atoms with van der Waals surface area (Å²) in [5.41, 5.74) is 2.18. The van der Waals surface area contributed by atoms with Crippen molar-refractivity contribution in [3.8, 4) is 0 Å². The van der Waals surface area contributed by atoms with Gasteiger partial charge in [0.05, 0.1) is 12.6 Å². The lowest BCUT2D eigenvalue weighted by molar-refractivity contribution is 0.432. The first-order chi connectivity index (χ1) is 9.75. The predicted molar refractivity (Wildman–Crippen MR) is 79.6 cm³/mol. The molecular weight excluding hydrogens is 250 g/mol. The lowest BCUT2D eigenvalue weighted by Crippen LogP contribution is -2.23. The maximum atomic E-state index is 5.96. The predicted octanol–water partition coefficient (Wildman–Crippen LogP) is 3.29. The summed E-state index contributed by atoms with van der Waals surface area (Å²) in [6.07, 6.45) is 3.77. The van der Waals surface area contributed by atoms with E-state index in [-0.39, 0.29) is 6.04 Å². The first-order valence-electron chi connectivity index (χ1n) is 6.94. The van der Waals surface area contributed by atoms with E-state index in [1.165, 1.54) is 10.9 Å². The fraction of sp³-hybridized carbons (Fsp3) is 0.312. The zero-order valence-electron chi connectivity index (χ0n) is 11.8. The molecule has 20 heavy (non-hydrogen) atoms. The summed E-state index contributed by atoms with van der Waals surface area (Å²) in [6, 6.07) is 10.3. The highest BCUT2D eigenvalue weighted by Crippen LogP contribution is 2.28. The van der Waals surface area contributed by atoms with Crippen molar-refractivity contribution in [1.29, 1.82) is 0 Å². The van der Waals surface area contributed by atoms with E-state index in [1.54, 1.807) is 6.20 Å². The van der Waals surface area contributed by atoms with Crippen LogP contribution in [0.4, 0.5) is 0 Å². The van der Waals surface area contributed by atoms with E-state index in [0.29, 0.717) is 0 Å². The van der Waals surface area contributed by atoms with E-state index in [2.05, 4.69) is 30.3 Å². The Hall–Kier alpha value is -2.07. The smallest absolute Gasteiger partial charge is 0.134 e. The Balaban J connectivity index is 1.69. The first-order valence-corrected chi connectivity index (χ1v) is 6.94. The van der Waals surface area contributed by atoms with Gasteiger partial charge in [0, 0.05) is 24.3 Å². The van der Waals surface area contributed by atoms with Crippen LogP contribution in [-0.2, 0) is 6.54 Å². The summed E-state index contributed by atoms with van der Waals surface area (Å²) in [5, 5.41) is 8.87. The zero-order valence-corrected chi connectivity index (χ0v) is 11.8. The molecule has 3 rings (SSSR count). The molecule has 0 aliphatic carbocycles. The number of benzene rings is 1.